The monoisotopic (exact) mass is 367 g/mol. The molecule has 0 saturated heterocycles. The number of benzene rings is 3. The van der Waals surface area contributed by atoms with Gasteiger partial charge in [0, 0.05) is 12.1 Å². The molecule has 130 valence electrons. The van der Waals surface area contributed by atoms with Crippen LogP contribution in [0.2, 0.25) is 5.02 Å². The van der Waals surface area contributed by atoms with Crippen molar-refractivity contribution >= 4 is 23.2 Å². The number of hydrogen-bond donors (Lipinski definition) is 1. The molecule has 0 radical (unpaired) electrons. The van der Waals surface area contributed by atoms with Gasteiger partial charge >= 0.3 is 0 Å². The highest BCUT2D eigenvalue weighted by Gasteiger charge is 2.19. The van der Waals surface area contributed by atoms with Crippen LogP contribution in [0.15, 0.2) is 66.7 Å². The van der Waals surface area contributed by atoms with Crippen LogP contribution in [0.5, 0.6) is 23.0 Å². The predicted molar refractivity (Wildman–Crippen MR) is 98.5 cm³/mol. The lowest BCUT2D eigenvalue weighted by atomic mass is 10.1. The molecule has 1 aliphatic heterocycles. The maximum atomic E-state index is 12.8. The number of carbonyl (C=O) groups is 1. The van der Waals surface area contributed by atoms with Gasteiger partial charge in [0.15, 0.2) is 11.5 Å². The molecule has 1 heterocycles. The third-order valence-electron chi connectivity index (χ3n) is 3.81. The second kappa shape index (κ2) is 6.98. The first-order valence-corrected chi connectivity index (χ1v) is 8.31. The van der Waals surface area contributed by atoms with E-state index in [0.29, 0.717) is 39.3 Å². The fourth-order valence-electron chi connectivity index (χ4n) is 2.56. The molecule has 1 N–H and O–H groups in total. The van der Waals surface area contributed by atoms with E-state index in [2.05, 4.69) is 5.32 Å². The highest BCUT2D eigenvalue weighted by atomic mass is 35.5. The van der Waals surface area contributed by atoms with E-state index in [1.807, 2.05) is 36.4 Å². The van der Waals surface area contributed by atoms with Crippen LogP contribution in [-0.4, -0.2) is 12.7 Å². The quantitative estimate of drug-likeness (QED) is 0.695. The topological polar surface area (TPSA) is 56.8 Å². The first-order valence-electron chi connectivity index (χ1n) is 7.93. The maximum absolute atomic E-state index is 12.8. The minimum atomic E-state index is -0.336. The summed E-state index contributed by atoms with van der Waals surface area (Å²) in [7, 11) is 0. The van der Waals surface area contributed by atoms with Crippen molar-refractivity contribution in [3.8, 4) is 23.0 Å². The molecule has 6 heteroatoms. The van der Waals surface area contributed by atoms with Crippen molar-refractivity contribution in [2.75, 3.05) is 12.1 Å². The van der Waals surface area contributed by atoms with Gasteiger partial charge in [-0.05, 0) is 24.3 Å². The number of nitrogens with one attached hydrogen (secondary N) is 1. The Labute approximate surface area is 155 Å². The predicted octanol–water partition coefficient (Wildman–Crippen LogP) is 5.11. The number of ether oxygens (including phenoxy) is 3. The van der Waals surface area contributed by atoms with Crippen LogP contribution in [0.1, 0.15) is 10.4 Å². The van der Waals surface area contributed by atoms with Gasteiger partial charge in [-0.1, -0.05) is 41.9 Å². The van der Waals surface area contributed by atoms with Gasteiger partial charge in [-0.25, -0.2) is 0 Å². The van der Waals surface area contributed by atoms with Gasteiger partial charge in [-0.3, -0.25) is 4.79 Å². The minimum Gasteiger partial charge on any atom is -0.457 e. The van der Waals surface area contributed by atoms with E-state index < -0.39 is 0 Å². The fraction of sp³-hybridized carbons (Fsp3) is 0.0500. The maximum Gasteiger partial charge on any atom is 0.259 e. The molecule has 0 unspecified atom stereocenters. The second-order valence-electron chi connectivity index (χ2n) is 5.55. The number of anilines is 1. The summed E-state index contributed by atoms with van der Waals surface area (Å²) < 4.78 is 16.4. The molecule has 5 nitrogen and oxygen atoms in total. The molecule has 0 bridgehead atoms. The second-order valence-corrected chi connectivity index (χ2v) is 5.96. The van der Waals surface area contributed by atoms with Crippen molar-refractivity contribution in [1.29, 1.82) is 0 Å². The average molecular weight is 368 g/mol. The van der Waals surface area contributed by atoms with E-state index in [0.717, 1.165) is 0 Å². The van der Waals surface area contributed by atoms with Gasteiger partial charge in [-0.15, -0.1) is 0 Å². The zero-order valence-electron chi connectivity index (χ0n) is 13.6. The molecule has 0 aliphatic carbocycles. The van der Waals surface area contributed by atoms with Crippen molar-refractivity contribution < 1.29 is 19.0 Å². The molecule has 3 aromatic carbocycles. The summed E-state index contributed by atoms with van der Waals surface area (Å²) in [6.07, 6.45) is 0. The van der Waals surface area contributed by atoms with Gasteiger partial charge in [0.2, 0.25) is 6.79 Å². The van der Waals surface area contributed by atoms with E-state index in [9.17, 15) is 4.79 Å². The van der Waals surface area contributed by atoms with Gasteiger partial charge in [0.05, 0.1) is 16.3 Å². The molecule has 1 aliphatic rings. The van der Waals surface area contributed by atoms with Crippen LogP contribution >= 0.6 is 11.6 Å². The number of para-hydroxylation sites is 2. The van der Waals surface area contributed by atoms with Crippen LogP contribution in [0, 0.1) is 0 Å². The summed E-state index contributed by atoms with van der Waals surface area (Å²) in [5, 5.41) is 3.16. The standard InChI is InChI=1S/C20H14ClNO4/c21-15-10-18-19(25-12-24-18)11-16(15)22-20(23)14-8-4-5-9-17(14)26-13-6-2-1-3-7-13/h1-11H,12H2,(H,22,23). The van der Waals surface area contributed by atoms with Crippen LogP contribution in [0.25, 0.3) is 0 Å². The Morgan fingerprint density at radius 2 is 1.65 bits per heavy atom. The Balaban J connectivity index is 1.59. The summed E-state index contributed by atoms with van der Waals surface area (Å²) in [4.78, 5) is 12.8. The summed E-state index contributed by atoms with van der Waals surface area (Å²) in [6, 6.07) is 19.5. The molecular weight excluding hydrogens is 354 g/mol. The summed E-state index contributed by atoms with van der Waals surface area (Å²) in [5.74, 6) is 1.86. The van der Waals surface area contributed by atoms with Crippen LogP contribution in [0.3, 0.4) is 0 Å². The fourth-order valence-corrected chi connectivity index (χ4v) is 2.76. The number of amides is 1. The van der Waals surface area contributed by atoms with E-state index >= 15 is 0 Å². The Morgan fingerprint density at radius 3 is 2.46 bits per heavy atom. The minimum absolute atomic E-state index is 0.136. The molecule has 0 saturated carbocycles. The lowest BCUT2D eigenvalue weighted by Gasteiger charge is -2.12. The van der Waals surface area contributed by atoms with Gasteiger partial charge in [0.25, 0.3) is 5.91 Å². The first kappa shape index (κ1) is 16.3. The third-order valence-corrected chi connectivity index (χ3v) is 4.13. The Morgan fingerprint density at radius 1 is 0.962 bits per heavy atom. The molecule has 26 heavy (non-hydrogen) atoms. The number of fused-ring (bicyclic) bond motifs is 1. The molecule has 0 atom stereocenters. The molecule has 0 fully saturated rings. The Kier molecular flexibility index (Phi) is 4.37. The number of carbonyl (C=O) groups excluding carboxylic acids is 1. The lowest BCUT2D eigenvalue weighted by Crippen LogP contribution is -2.13. The van der Waals surface area contributed by atoms with Crippen molar-refractivity contribution in [1.82, 2.24) is 0 Å². The highest BCUT2D eigenvalue weighted by Crippen LogP contribution is 2.39. The summed E-state index contributed by atoms with van der Waals surface area (Å²) >= 11 is 6.23. The smallest absolute Gasteiger partial charge is 0.259 e. The third kappa shape index (κ3) is 3.30. The molecular formula is C20H14ClNO4. The highest BCUT2D eigenvalue weighted by molar-refractivity contribution is 6.34. The van der Waals surface area contributed by atoms with Crippen LogP contribution < -0.4 is 19.5 Å². The van der Waals surface area contributed by atoms with Crippen molar-refractivity contribution in [3.05, 3.63) is 77.3 Å². The van der Waals surface area contributed by atoms with Gasteiger partial charge < -0.3 is 19.5 Å². The van der Waals surface area contributed by atoms with E-state index in [4.69, 9.17) is 25.8 Å². The van der Waals surface area contributed by atoms with Crippen molar-refractivity contribution in [2.45, 2.75) is 0 Å². The van der Waals surface area contributed by atoms with E-state index in [-0.39, 0.29) is 12.7 Å². The zero-order valence-corrected chi connectivity index (χ0v) is 14.3. The summed E-state index contributed by atoms with van der Waals surface area (Å²) in [5.41, 5.74) is 0.834. The Hall–Kier alpha value is -3.18. The zero-order chi connectivity index (χ0) is 17.9. The SMILES string of the molecule is O=C(Nc1cc2c(cc1Cl)OCO2)c1ccccc1Oc1ccccc1. The van der Waals surface area contributed by atoms with E-state index in [1.165, 1.54) is 0 Å². The summed E-state index contributed by atoms with van der Waals surface area (Å²) in [6.45, 7) is 0.136. The normalized spacial score (nSPS) is 11.9. The molecule has 4 rings (SSSR count). The number of halogens is 1. The van der Waals surface area contributed by atoms with Crippen LogP contribution in [-0.2, 0) is 0 Å². The molecule has 0 aromatic heterocycles. The number of hydrogen-bond acceptors (Lipinski definition) is 4. The first-order chi connectivity index (χ1) is 12.7. The largest absolute Gasteiger partial charge is 0.457 e. The molecule has 0 spiro atoms. The average Bonchev–Trinajstić information content (AvgIpc) is 3.10. The van der Waals surface area contributed by atoms with E-state index in [1.54, 1.807) is 30.3 Å². The van der Waals surface area contributed by atoms with Crippen molar-refractivity contribution in [3.63, 3.8) is 0 Å². The van der Waals surface area contributed by atoms with Gasteiger partial charge in [-0.2, -0.15) is 0 Å². The molecule has 1 amide bonds. The number of rotatable bonds is 4. The lowest BCUT2D eigenvalue weighted by molar-refractivity contribution is 0.102. The molecule has 3 aromatic rings. The van der Waals surface area contributed by atoms with Crippen molar-refractivity contribution in [2.24, 2.45) is 0 Å². The van der Waals surface area contributed by atoms with Gasteiger partial charge in [0.1, 0.15) is 11.5 Å². The van der Waals surface area contributed by atoms with Crippen LogP contribution in [0.4, 0.5) is 5.69 Å². The Bertz CT molecular complexity index is 959.